The molecule has 2 N–H and O–H groups in total. The van der Waals surface area contributed by atoms with E-state index in [1.807, 2.05) is 25.1 Å². The van der Waals surface area contributed by atoms with Gasteiger partial charge in [0.1, 0.15) is 21.8 Å². The molecule has 0 radical (unpaired) electrons. The number of hydrogen-bond acceptors (Lipinski definition) is 8. The van der Waals surface area contributed by atoms with Gasteiger partial charge >= 0.3 is 0 Å². The lowest BCUT2D eigenvalue weighted by Gasteiger charge is -2.15. The first kappa shape index (κ1) is 20.6. The fourth-order valence-electron chi connectivity index (χ4n) is 3.61. The molecular formula is C22H18N8O2S. The summed E-state index contributed by atoms with van der Waals surface area (Å²) in [6.07, 6.45) is 4.94. The van der Waals surface area contributed by atoms with Gasteiger partial charge in [-0.05, 0) is 49.2 Å². The van der Waals surface area contributed by atoms with Gasteiger partial charge in [0.15, 0.2) is 0 Å². The van der Waals surface area contributed by atoms with Gasteiger partial charge in [-0.1, -0.05) is 17.4 Å². The summed E-state index contributed by atoms with van der Waals surface area (Å²) in [5.74, 6) is -0.546. The number of amides is 1. The molecule has 0 aliphatic heterocycles. The van der Waals surface area contributed by atoms with Crippen molar-refractivity contribution >= 4 is 39.1 Å². The van der Waals surface area contributed by atoms with Crippen LogP contribution in [-0.4, -0.2) is 35.0 Å². The van der Waals surface area contributed by atoms with E-state index in [0.717, 1.165) is 11.1 Å². The second-order valence-corrected chi connectivity index (χ2v) is 8.65. The van der Waals surface area contributed by atoms with Crippen LogP contribution in [0.2, 0.25) is 0 Å². The van der Waals surface area contributed by atoms with Crippen molar-refractivity contribution in [1.29, 1.82) is 5.41 Å². The zero-order valence-corrected chi connectivity index (χ0v) is 18.6. The summed E-state index contributed by atoms with van der Waals surface area (Å²) >= 11 is 1.23. The summed E-state index contributed by atoms with van der Waals surface area (Å²) < 4.78 is 3.02. The number of fused-ring (bicyclic) bond motifs is 2. The summed E-state index contributed by atoms with van der Waals surface area (Å²) in [4.78, 5) is 35.2. The molecule has 11 heteroatoms. The molecule has 0 bridgehead atoms. The van der Waals surface area contributed by atoms with Crippen LogP contribution in [0.15, 0.2) is 53.7 Å². The van der Waals surface area contributed by atoms with Crippen LogP contribution in [0.5, 0.6) is 0 Å². The molecule has 164 valence electrons. The number of hydrogen-bond donors (Lipinski definition) is 2. The normalized spacial score (nSPS) is 11.2. The highest BCUT2D eigenvalue weighted by molar-refractivity contribution is 7.15. The first-order chi connectivity index (χ1) is 15.9. The molecule has 5 rings (SSSR count). The molecule has 1 amide bonds. The predicted octanol–water partition coefficient (Wildman–Crippen LogP) is 2.29. The third kappa shape index (κ3) is 3.68. The Hall–Kier alpha value is -4.25. The molecule has 10 nitrogen and oxygen atoms in total. The van der Waals surface area contributed by atoms with Gasteiger partial charge in [0.2, 0.25) is 5.13 Å². The second kappa shape index (κ2) is 8.02. The molecular weight excluding hydrogens is 440 g/mol. The van der Waals surface area contributed by atoms with Crippen molar-refractivity contribution in [3.8, 4) is 0 Å². The van der Waals surface area contributed by atoms with Gasteiger partial charge in [-0.15, -0.1) is 10.2 Å². The van der Waals surface area contributed by atoms with Crippen molar-refractivity contribution < 1.29 is 4.79 Å². The number of nitrogens with zero attached hydrogens (tertiary/aromatic N) is 6. The third-order valence-corrected chi connectivity index (χ3v) is 5.97. The van der Waals surface area contributed by atoms with Crippen LogP contribution in [0.25, 0.3) is 16.7 Å². The predicted molar refractivity (Wildman–Crippen MR) is 123 cm³/mol. The molecule has 5 aromatic heterocycles. The highest BCUT2D eigenvalue weighted by atomic mass is 32.1. The van der Waals surface area contributed by atoms with Gasteiger partial charge in [-0.25, -0.2) is 4.98 Å². The van der Waals surface area contributed by atoms with Gasteiger partial charge in [0.25, 0.3) is 11.5 Å². The SMILES string of the molecule is Cc1nnc(NC(=O)c2cc3c(=O)n4cccc(C)c4nc3n(Cc3ccncc3)c2=N)s1. The zero-order valence-electron chi connectivity index (χ0n) is 17.7. The van der Waals surface area contributed by atoms with E-state index in [0.29, 0.717) is 21.4 Å². The monoisotopic (exact) mass is 458 g/mol. The Labute approximate surface area is 190 Å². The largest absolute Gasteiger partial charge is 0.306 e. The second-order valence-electron chi connectivity index (χ2n) is 7.47. The average molecular weight is 459 g/mol. The summed E-state index contributed by atoms with van der Waals surface area (Å²) in [6.45, 7) is 3.89. The maximum atomic E-state index is 13.4. The standard InChI is InChI=1S/C22H18N8O2S/c1-12-4-3-9-29-18(12)25-19-16(21(29)32)10-15(20(31)26-22-28-27-13(2)33-22)17(23)30(19)11-14-5-7-24-8-6-14/h3-10,23H,11H2,1-2H3,(H,26,28,31). The smallest absolute Gasteiger partial charge is 0.267 e. The third-order valence-electron chi connectivity index (χ3n) is 5.21. The Bertz CT molecular complexity index is 1650. The van der Waals surface area contributed by atoms with Crippen LogP contribution in [0.4, 0.5) is 5.13 Å². The number of anilines is 1. The quantitative estimate of drug-likeness (QED) is 0.397. The molecule has 0 unspecified atom stereocenters. The van der Waals surface area contributed by atoms with E-state index in [1.54, 1.807) is 36.1 Å². The lowest BCUT2D eigenvalue weighted by molar-refractivity contribution is 0.102. The molecule has 0 atom stereocenters. The van der Waals surface area contributed by atoms with Crippen LogP contribution in [0, 0.1) is 19.3 Å². The topological polar surface area (TPSA) is 131 Å². The number of nitrogens with one attached hydrogen (secondary N) is 2. The summed E-state index contributed by atoms with van der Waals surface area (Å²) in [5, 5.41) is 20.6. The highest BCUT2D eigenvalue weighted by Gasteiger charge is 2.19. The molecule has 0 fully saturated rings. The van der Waals surface area contributed by atoms with E-state index in [-0.39, 0.29) is 28.5 Å². The summed E-state index contributed by atoms with van der Waals surface area (Å²) in [5.41, 5.74) is 2.17. The molecule has 0 aliphatic rings. The van der Waals surface area contributed by atoms with E-state index in [9.17, 15) is 9.59 Å². The van der Waals surface area contributed by atoms with Crippen LogP contribution >= 0.6 is 11.3 Å². The Balaban J connectivity index is 1.78. The Morgan fingerprint density at radius 3 is 2.67 bits per heavy atom. The molecule has 5 aromatic rings. The first-order valence-corrected chi connectivity index (χ1v) is 10.8. The number of aryl methyl sites for hydroxylation is 2. The molecule has 0 aromatic carbocycles. The number of pyridine rings is 3. The van der Waals surface area contributed by atoms with E-state index in [4.69, 9.17) is 10.4 Å². The van der Waals surface area contributed by atoms with Gasteiger partial charge in [-0.3, -0.25) is 29.7 Å². The zero-order chi connectivity index (χ0) is 23.1. The number of rotatable bonds is 4. The fourth-order valence-corrected chi connectivity index (χ4v) is 4.19. The minimum absolute atomic E-state index is 0.0379. The van der Waals surface area contributed by atoms with Gasteiger partial charge in [-0.2, -0.15) is 0 Å². The van der Waals surface area contributed by atoms with Crippen molar-refractivity contribution in [2.75, 3.05) is 5.32 Å². The molecule has 0 saturated carbocycles. The molecule has 33 heavy (non-hydrogen) atoms. The molecule has 0 aliphatic carbocycles. The lowest BCUT2D eigenvalue weighted by Crippen LogP contribution is -2.32. The molecule has 0 saturated heterocycles. The minimum atomic E-state index is -0.546. The maximum Gasteiger partial charge on any atom is 0.267 e. The van der Waals surface area contributed by atoms with Gasteiger partial charge in [0, 0.05) is 18.6 Å². The Kier molecular flexibility index (Phi) is 5.02. The van der Waals surface area contributed by atoms with E-state index in [1.165, 1.54) is 21.8 Å². The van der Waals surface area contributed by atoms with Crippen molar-refractivity contribution in [3.05, 3.63) is 86.5 Å². The van der Waals surface area contributed by atoms with Crippen LogP contribution in [0.1, 0.15) is 26.5 Å². The molecule has 0 spiro atoms. The Morgan fingerprint density at radius 2 is 1.94 bits per heavy atom. The minimum Gasteiger partial charge on any atom is -0.306 e. The van der Waals surface area contributed by atoms with Gasteiger partial charge < -0.3 is 4.57 Å². The maximum absolute atomic E-state index is 13.4. The van der Waals surface area contributed by atoms with Crippen LogP contribution in [0.3, 0.4) is 0 Å². The van der Waals surface area contributed by atoms with Crippen molar-refractivity contribution in [2.24, 2.45) is 0 Å². The van der Waals surface area contributed by atoms with Crippen LogP contribution in [-0.2, 0) is 6.54 Å². The van der Waals surface area contributed by atoms with Crippen molar-refractivity contribution in [1.82, 2.24) is 29.1 Å². The lowest BCUT2D eigenvalue weighted by atomic mass is 10.1. The number of carbonyl (C=O) groups is 1. The van der Waals surface area contributed by atoms with Crippen molar-refractivity contribution in [3.63, 3.8) is 0 Å². The van der Waals surface area contributed by atoms with E-state index in [2.05, 4.69) is 20.5 Å². The Morgan fingerprint density at radius 1 is 1.15 bits per heavy atom. The molecule has 5 heterocycles. The average Bonchev–Trinajstić information content (AvgIpc) is 3.21. The highest BCUT2D eigenvalue weighted by Crippen LogP contribution is 2.17. The van der Waals surface area contributed by atoms with Crippen molar-refractivity contribution in [2.45, 2.75) is 20.4 Å². The van der Waals surface area contributed by atoms with Crippen LogP contribution < -0.4 is 16.4 Å². The summed E-state index contributed by atoms with van der Waals surface area (Å²) in [7, 11) is 0. The summed E-state index contributed by atoms with van der Waals surface area (Å²) in [6, 6.07) is 8.69. The fraction of sp³-hybridized carbons (Fsp3) is 0.136. The van der Waals surface area contributed by atoms with Gasteiger partial charge in [0.05, 0.1) is 17.5 Å². The first-order valence-electron chi connectivity index (χ1n) is 10.0. The number of aromatic nitrogens is 6. The van der Waals surface area contributed by atoms with E-state index < -0.39 is 5.91 Å². The van der Waals surface area contributed by atoms with E-state index >= 15 is 0 Å². The number of carbonyl (C=O) groups excluding carboxylic acids is 1.